The smallest absolute Gasteiger partial charge is 0.175 e. The van der Waals surface area contributed by atoms with Crippen LogP contribution in [0.15, 0.2) is 42.5 Å². The first-order chi connectivity index (χ1) is 10.2. The number of anilines is 2. The molecule has 0 amide bonds. The average Bonchev–Trinajstić information content (AvgIpc) is 2.95. The van der Waals surface area contributed by atoms with Crippen LogP contribution in [0.5, 0.6) is 5.75 Å². The molecule has 21 heavy (non-hydrogen) atoms. The van der Waals surface area contributed by atoms with Crippen LogP contribution < -0.4 is 15.4 Å². The number of hydrogen-bond donors (Lipinski definition) is 2. The lowest BCUT2D eigenvalue weighted by molar-refractivity contribution is 0.415. The molecule has 0 bridgehead atoms. The highest BCUT2D eigenvalue weighted by atomic mass is 32.1. The number of hydrogen-bond acceptors (Lipinski definition) is 5. The Morgan fingerprint density at radius 1 is 1.05 bits per heavy atom. The molecule has 0 aliphatic carbocycles. The summed E-state index contributed by atoms with van der Waals surface area (Å²) < 4.78 is 13.5. The number of nitrogens with zero attached hydrogens (tertiary/aromatic N) is 2. The van der Waals surface area contributed by atoms with Gasteiger partial charge in [0.25, 0.3) is 0 Å². The van der Waals surface area contributed by atoms with E-state index in [1.807, 2.05) is 42.5 Å². The van der Waals surface area contributed by atoms with Gasteiger partial charge >= 0.3 is 0 Å². The molecule has 5 nitrogen and oxygen atoms in total. The Hall–Kier alpha value is -2.25. The number of thiocarbonyl (C=S) groups is 1. The van der Waals surface area contributed by atoms with E-state index in [-0.39, 0.29) is 0 Å². The van der Waals surface area contributed by atoms with Crippen LogP contribution in [0, 0.1) is 0 Å². The Balaban J connectivity index is 1.70. The molecule has 0 aliphatic rings. The molecule has 7 heteroatoms. The van der Waals surface area contributed by atoms with E-state index in [0.29, 0.717) is 5.11 Å². The summed E-state index contributed by atoms with van der Waals surface area (Å²) in [6.07, 6.45) is 0. The minimum Gasteiger partial charge on any atom is -0.497 e. The summed E-state index contributed by atoms with van der Waals surface area (Å²) in [7, 11) is 1.63. The average molecular weight is 316 g/mol. The lowest BCUT2D eigenvalue weighted by Gasteiger charge is -2.11. The minimum absolute atomic E-state index is 0.505. The maximum atomic E-state index is 5.30. The van der Waals surface area contributed by atoms with Crippen molar-refractivity contribution < 1.29 is 4.74 Å². The van der Waals surface area contributed by atoms with Crippen LogP contribution in [0.1, 0.15) is 0 Å². The third-order valence-electron chi connectivity index (χ3n) is 2.84. The van der Waals surface area contributed by atoms with E-state index in [9.17, 15) is 0 Å². The van der Waals surface area contributed by atoms with E-state index < -0.39 is 0 Å². The second-order valence-corrected chi connectivity index (χ2v) is 5.22. The molecule has 0 atom stereocenters. The van der Waals surface area contributed by atoms with Gasteiger partial charge in [-0.2, -0.15) is 8.75 Å². The van der Waals surface area contributed by atoms with E-state index in [4.69, 9.17) is 17.0 Å². The van der Waals surface area contributed by atoms with Crippen molar-refractivity contribution in [3.63, 3.8) is 0 Å². The standard InChI is InChI=1S/C14H12N4OS2/c1-19-11-4-2-3-9(7-11)15-14(20)16-10-5-6-12-13(8-10)18-21-17-12/h2-8H,1H3,(H2,15,16,20). The number of nitrogens with one attached hydrogen (secondary N) is 2. The third-order valence-corrected chi connectivity index (χ3v) is 3.60. The van der Waals surface area contributed by atoms with Crippen LogP contribution >= 0.6 is 23.9 Å². The lowest BCUT2D eigenvalue weighted by atomic mass is 10.3. The summed E-state index contributed by atoms with van der Waals surface area (Å²) in [5.74, 6) is 0.776. The van der Waals surface area contributed by atoms with E-state index in [0.717, 1.165) is 28.2 Å². The summed E-state index contributed by atoms with van der Waals surface area (Å²) in [6, 6.07) is 13.3. The SMILES string of the molecule is COc1cccc(NC(=S)Nc2ccc3nsnc3c2)c1. The minimum atomic E-state index is 0.505. The van der Waals surface area contributed by atoms with Gasteiger partial charge in [0.2, 0.25) is 0 Å². The Morgan fingerprint density at radius 3 is 2.62 bits per heavy atom. The normalized spacial score (nSPS) is 10.3. The first-order valence-electron chi connectivity index (χ1n) is 6.19. The Morgan fingerprint density at radius 2 is 1.81 bits per heavy atom. The van der Waals surface area contributed by atoms with E-state index in [1.54, 1.807) is 7.11 Å². The quantitative estimate of drug-likeness (QED) is 0.721. The molecule has 0 radical (unpaired) electrons. The maximum absolute atomic E-state index is 5.30. The van der Waals surface area contributed by atoms with Crippen molar-refractivity contribution in [1.29, 1.82) is 0 Å². The summed E-state index contributed by atoms with van der Waals surface area (Å²) in [5.41, 5.74) is 3.48. The number of benzene rings is 2. The predicted octanol–water partition coefficient (Wildman–Crippen LogP) is 3.51. The van der Waals surface area contributed by atoms with E-state index in [1.165, 1.54) is 11.7 Å². The molecule has 0 fully saturated rings. The van der Waals surface area contributed by atoms with Crippen molar-refractivity contribution in [1.82, 2.24) is 8.75 Å². The largest absolute Gasteiger partial charge is 0.497 e. The fourth-order valence-corrected chi connectivity index (χ4v) is 2.61. The Bertz CT molecular complexity index is 787. The number of aromatic nitrogens is 2. The Kier molecular flexibility index (Phi) is 3.94. The van der Waals surface area contributed by atoms with Gasteiger partial charge < -0.3 is 15.4 Å². The fourth-order valence-electron chi connectivity index (χ4n) is 1.85. The highest BCUT2D eigenvalue weighted by molar-refractivity contribution is 7.80. The van der Waals surface area contributed by atoms with Gasteiger partial charge in [-0.05, 0) is 42.5 Å². The molecule has 2 aromatic carbocycles. The molecule has 106 valence electrons. The first kappa shape index (κ1) is 13.7. The maximum Gasteiger partial charge on any atom is 0.175 e. The first-order valence-corrected chi connectivity index (χ1v) is 7.33. The van der Waals surface area contributed by atoms with Crippen molar-refractivity contribution in [3.8, 4) is 5.75 Å². The molecule has 0 saturated carbocycles. The van der Waals surface area contributed by atoms with Crippen molar-refractivity contribution in [2.75, 3.05) is 17.7 Å². The summed E-state index contributed by atoms with van der Waals surface area (Å²) in [5, 5.41) is 6.75. The zero-order chi connectivity index (χ0) is 14.7. The second-order valence-electron chi connectivity index (χ2n) is 4.28. The molecule has 3 rings (SSSR count). The highest BCUT2D eigenvalue weighted by Crippen LogP contribution is 2.19. The molecule has 1 heterocycles. The fraction of sp³-hybridized carbons (Fsp3) is 0.0714. The Labute approximate surface area is 131 Å². The van der Waals surface area contributed by atoms with Gasteiger partial charge in [0.1, 0.15) is 16.8 Å². The predicted molar refractivity (Wildman–Crippen MR) is 90.3 cm³/mol. The third kappa shape index (κ3) is 3.26. The second kappa shape index (κ2) is 6.02. The van der Waals surface area contributed by atoms with E-state index in [2.05, 4.69) is 19.4 Å². The van der Waals surface area contributed by atoms with Gasteiger partial charge in [-0.3, -0.25) is 0 Å². The van der Waals surface area contributed by atoms with E-state index >= 15 is 0 Å². The van der Waals surface area contributed by atoms with Crippen LogP contribution in [0.2, 0.25) is 0 Å². The zero-order valence-corrected chi connectivity index (χ0v) is 12.8. The number of rotatable bonds is 3. The molecule has 0 unspecified atom stereocenters. The topological polar surface area (TPSA) is 59.1 Å². The van der Waals surface area contributed by atoms with Crippen molar-refractivity contribution in [2.45, 2.75) is 0 Å². The lowest BCUT2D eigenvalue weighted by Crippen LogP contribution is -2.18. The molecular weight excluding hydrogens is 304 g/mol. The van der Waals surface area contributed by atoms with Crippen LogP contribution in [0.25, 0.3) is 11.0 Å². The number of fused-ring (bicyclic) bond motifs is 1. The van der Waals surface area contributed by atoms with Gasteiger partial charge in [-0.1, -0.05) is 6.07 Å². The van der Waals surface area contributed by atoms with Crippen LogP contribution in [-0.2, 0) is 0 Å². The summed E-state index contributed by atoms with van der Waals surface area (Å²) >= 11 is 6.50. The number of methoxy groups -OCH3 is 1. The van der Waals surface area contributed by atoms with Gasteiger partial charge in [0.05, 0.1) is 18.8 Å². The van der Waals surface area contributed by atoms with Gasteiger partial charge in [-0.25, -0.2) is 0 Å². The molecule has 2 N–H and O–H groups in total. The van der Waals surface area contributed by atoms with Gasteiger partial charge in [0, 0.05) is 17.4 Å². The van der Waals surface area contributed by atoms with Crippen molar-refractivity contribution in [3.05, 3.63) is 42.5 Å². The molecule has 3 aromatic rings. The summed E-state index contributed by atoms with van der Waals surface area (Å²) in [6.45, 7) is 0. The summed E-state index contributed by atoms with van der Waals surface area (Å²) in [4.78, 5) is 0. The number of ether oxygens (including phenoxy) is 1. The van der Waals surface area contributed by atoms with Crippen LogP contribution in [0.3, 0.4) is 0 Å². The van der Waals surface area contributed by atoms with Gasteiger partial charge in [0.15, 0.2) is 5.11 Å². The monoisotopic (exact) mass is 316 g/mol. The highest BCUT2D eigenvalue weighted by Gasteiger charge is 2.03. The van der Waals surface area contributed by atoms with Crippen LogP contribution in [0.4, 0.5) is 11.4 Å². The molecule has 0 spiro atoms. The van der Waals surface area contributed by atoms with Crippen LogP contribution in [-0.4, -0.2) is 21.0 Å². The molecule has 0 aliphatic heterocycles. The van der Waals surface area contributed by atoms with Gasteiger partial charge in [-0.15, -0.1) is 0 Å². The van der Waals surface area contributed by atoms with Crippen molar-refractivity contribution >= 4 is 51.5 Å². The zero-order valence-electron chi connectivity index (χ0n) is 11.2. The molecular formula is C14H12N4OS2. The molecule has 0 saturated heterocycles. The molecule has 1 aromatic heterocycles. The van der Waals surface area contributed by atoms with Crippen molar-refractivity contribution in [2.24, 2.45) is 0 Å².